The Morgan fingerprint density at radius 2 is 2.24 bits per heavy atom. The van der Waals surface area contributed by atoms with Gasteiger partial charge in [0.15, 0.2) is 5.78 Å². The van der Waals surface area contributed by atoms with Gasteiger partial charge in [-0.3, -0.25) is 14.5 Å². The number of nitrogen functional groups attached to an aromatic ring is 1. The number of nitrogens with two attached hydrogens (primary N) is 1. The Kier molecular flexibility index (Phi) is 3.18. The first-order valence-corrected chi connectivity index (χ1v) is 5.37. The molecule has 0 atom stereocenters. The molecular weight excluding hydrogens is 216 g/mol. The lowest BCUT2D eigenvalue weighted by molar-refractivity contribution is 0.0978. The minimum Gasteiger partial charge on any atom is -0.397 e. The number of carbonyl (C=O) groups excluding carboxylic acids is 1. The van der Waals surface area contributed by atoms with Crippen LogP contribution in [0.4, 0.5) is 5.69 Å². The molecule has 2 heterocycles. The Bertz CT molecular complexity index is 516. The van der Waals surface area contributed by atoms with Gasteiger partial charge < -0.3 is 5.73 Å². The molecule has 0 spiro atoms. The molecule has 0 bridgehead atoms. The molecule has 5 nitrogen and oxygen atoms in total. The zero-order chi connectivity index (χ0) is 12.3. The van der Waals surface area contributed by atoms with Crippen molar-refractivity contribution in [3.8, 4) is 0 Å². The number of carbonyl (C=O) groups is 1. The Morgan fingerprint density at radius 3 is 2.82 bits per heavy atom. The summed E-state index contributed by atoms with van der Waals surface area (Å²) in [5.41, 5.74) is 7.59. The van der Waals surface area contributed by atoms with Crippen molar-refractivity contribution in [2.75, 3.05) is 5.73 Å². The van der Waals surface area contributed by atoms with Crippen molar-refractivity contribution in [2.24, 2.45) is 7.05 Å². The summed E-state index contributed by atoms with van der Waals surface area (Å²) in [4.78, 5) is 15.8. The SMILES string of the molecule is Cn1cc(CCC(=O)c2ccc(N)cn2)cn1. The molecule has 88 valence electrons. The van der Waals surface area contributed by atoms with Crippen molar-refractivity contribution in [3.05, 3.63) is 42.0 Å². The van der Waals surface area contributed by atoms with Gasteiger partial charge in [-0.1, -0.05) is 0 Å². The van der Waals surface area contributed by atoms with Crippen molar-refractivity contribution in [1.29, 1.82) is 0 Å². The van der Waals surface area contributed by atoms with Gasteiger partial charge in [-0.15, -0.1) is 0 Å². The molecule has 2 aromatic heterocycles. The van der Waals surface area contributed by atoms with Crippen LogP contribution < -0.4 is 5.73 Å². The number of hydrogen-bond donors (Lipinski definition) is 1. The summed E-state index contributed by atoms with van der Waals surface area (Å²) >= 11 is 0. The fourth-order valence-electron chi connectivity index (χ4n) is 1.56. The highest BCUT2D eigenvalue weighted by molar-refractivity contribution is 5.94. The molecule has 0 saturated heterocycles. The fraction of sp³-hybridized carbons (Fsp3) is 0.250. The maximum absolute atomic E-state index is 11.8. The van der Waals surface area contributed by atoms with Gasteiger partial charge in [-0.2, -0.15) is 5.10 Å². The maximum Gasteiger partial charge on any atom is 0.181 e. The van der Waals surface area contributed by atoms with E-state index in [9.17, 15) is 4.79 Å². The third kappa shape index (κ3) is 2.90. The van der Waals surface area contributed by atoms with E-state index in [-0.39, 0.29) is 5.78 Å². The first kappa shape index (κ1) is 11.3. The molecule has 0 aliphatic heterocycles. The van der Waals surface area contributed by atoms with Crippen LogP contribution in [0.2, 0.25) is 0 Å². The Labute approximate surface area is 99.3 Å². The largest absolute Gasteiger partial charge is 0.397 e. The van der Waals surface area contributed by atoms with E-state index in [0.717, 1.165) is 5.56 Å². The van der Waals surface area contributed by atoms with Crippen LogP contribution in [0, 0.1) is 0 Å². The maximum atomic E-state index is 11.8. The van der Waals surface area contributed by atoms with Gasteiger partial charge in [0.2, 0.25) is 0 Å². The minimum atomic E-state index is 0.0221. The minimum absolute atomic E-state index is 0.0221. The van der Waals surface area contributed by atoms with Crippen LogP contribution in [0.1, 0.15) is 22.5 Å². The highest BCUT2D eigenvalue weighted by atomic mass is 16.1. The van der Waals surface area contributed by atoms with E-state index in [1.165, 1.54) is 6.20 Å². The first-order valence-electron chi connectivity index (χ1n) is 5.37. The molecule has 0 amide bonds. The lowest BCUT2D eigenvalue weighted by Crippen LogP contribution is -2.03. The monoisotopic (exact) mass is 230 g/mol. The molecule has 0 aromatic carbocycles. The smallest absolute Gasteiger partial charge is 0.181 e. The second kappa shape index (κ2) is 4.78. The van der Waals surface area contributed by atoms with Crippen LogP contribution in [0.5, 0.6) is 0 Å². The Hall–Kier alpha value is -2.17. The second-order valence-electron chi connectivity index (χ2n) is 3.92. The van der Waals surface area contributed by atoms with Crippen molar-refractivity contribution in [3.63, 3.8) is 0 Å². The van der Waals surface area contributed by atoms with E-state index < -0.39 is 0 Å². The average molecular weight is 230 g/mol. The van der Waals surface area contributed by atoms with Gasteiger partial charge >= 0.3 is 0 Å². The number of anilines is 1. The van der Waals surface area contributed by atoms with Crippen LogP contribution in [0.25, 0.3) is 0 Å². The topological polar surface area (TPSA) is 73.8 Å². The molecule has 0 unspecified atom stereocenters. The first-order chi connectivity index (χ1) is 8.15. The molecule has 0 saturated carbocycles. The van der Waals surface area contributed by atoms with Crippen LogP contribution in [-0.2, 0) is 13.5 Å². The quantitative estimate of drug-likeness (QED) is 0.801. The predicted molar refractivity (Wildman–Crippen MR) is 64.5 cm³/mol. The molecular formula is C12H14N4O. The van der Waals surface area contributed by atoms with Crippen molar-refractivity contribution >= 4 is 11.5 Å². The average Bonchev–Trinajstić information content (AvgIpc) is 2.73. The summed E-state index contributed by atoms with van der Waals surface area (Å²) < 4.78 is 1.72. The Morgan fingerprint density at radius 1 is 1.41 bits per heavy atom. The van der Waals surface area contributed by atoms with Gasteiger partial charge in [0.25, 0.3) is 0 Å². The van der Waals surface area contributed by atoms with E-state index in [0.29, 0.717) is 24.2 Å². The zero-order valence-corrected chi connectivity index (χ0v) is 9.63. The second-order valence-corrected chi connectivity index (χ2v) is 3.92. The summed E-state index contributed by atoms with van der Waals surface area (Å²) in [6.45, 7) is 0. The summed E-state index contributed by atoms with van der Waals surface area (Å²) in [7, 11) is 1.85. The summed E-state index contributed by atoms with van der Waals surface area (Å²) in [5.74, 6) is 0.0221. The number of Topliss-reactive ketones (excluding diaryl/α,β-unsaturated/α-hetero) is 1. The van der Waals surface area contributed by atoms with Gasteiger partial charge in [0.05, 0.1) is 18.1 Å². The van der Waals surface area contributed by atoms with E-state index in [2.05, 4.69) is 10.1 Å². The van der Waals surface area contributed by atoms with Crippen LogP contribution in [0.15, 0.2) is 30.7 Å². The molecule has 17 heavy (non-hydrogen) atoms. The lowest BCUT2D eigenvalue weighted by atomic mass is 10.1. The van der Waals surface area contributed by atoms with Crippen LogP contribution >= 0.6 is 0 Å². The molecule has 0 aliphatic carbocycles. The number of nitrogens with zero attached hydrogens (tertiary/aromatic N) is 3. The van der Waals surface area contributed by atoms with E-state index in [1.807, 2.05) is 13.2 Å². The molecule has 2 aromatic rings. The van der Waals surface area contributed by atoms with Gasteiger partial charge in [0, 0.05) is 19.7 Å². The fourth-order valence-corrected chi connectivity index (χ4v) is 1.56. The number of pyridine rings is 1. The number of aryl methyl sites for hydroxylation is 2. The van der Waals surface area contributed by atoms with E-state index >= 15 is 0 Å². The number of rotatable bonds is 4. The van der Waals surface area contributed by atoms with Gasteiger partial charge in [0.1, 0.15) is 5.69 Å². The van der Waals surface area contributed by atoms with Crippen molar-refractivity contribution in [1.82, 2.24) is 14.8 Å². The number of ketones is 1. The molecule has 2 rings (SSSR count). The molecule has 0 radical (unpaired) electrons. The van der Waals surface area contributed by atoms with Crippen molar-refractivity contribution in [2.45, 2.75) is 12.8 Å². The van der Waals surface area contributed by atoms with Crippen LogP contribution in [-0.4, -0.2) is 20.5 Å². The lowest BCUT2D eigenvalue weighted by Gasteiger charge is -1.99. The van der Waals surface area contributed by atoms with Crippen LogP contribution in [0.3, 0.4) is 0 Å². The molecule has 0 aliphatic rings. The number of hydrogen-bond acceptors (Lipinski definition) is 4. The number of aromatic nitrogens is 3. The highest BCUT2D eigenvalue weighted by Crippen LogP contribution is 2.07. The summed E-state index contributed by atoms with van der Waals surface area (Å²) in [5, 5.41) is 4.05. The van der Waals surface area contributed by atoms with E-state index in [4.69, 9.17) is 5.73 Å². The third-order valence-electron chi connectivity index (χ3n) is 2.47. The highest BCUT2D eigenvalue weighted by Gasteiger charge is 2.08. The zero-order valence-electron chi connectivity index (χ0n) is 9.63. The van der Waals surface area contributed by atoms with Gasteiger partial charge in [-0.05, 0) is 24.1 Å². The van der Waals surface area contributed by atoms with Gasteiger partial charge in [-0.25, -0.2) is 0 Å². The molecule has 5 heteroatoms. The van der Waals surface area contributed by atoms with Crippen molar-refractivity contribution < 1.29 is 4.79 Å². The molecule has 0 fully saturated rings. The Balaban J connectivity index is 1.95. The molecule has 2 N–H and O–H groups in total. The summed E-state index contributed by atoms with van der Waals surface area (Å²) in [6, 6.07) is 3.34. The normalized spacial score (nSPS) is 10.4. The predicted octanol–water partition coefficient (Wildman–Crippen LogP) is 1.21. The van der Waals surface area contributed by atoms with E-state index in [1.54, 1.807) is 23.0 Å². The summed E-state index contributed by atoms with van der Waals surface area (Å²) in [6.07, 6.45) is 6.28. The third-order valence-corrected chi connectivity index (χ3v) is 2.47. The standard InChI is InChI=1S/C12H14N4O/c1-16-8-9(6-15-16)2-5-12(17)11-4-3-10(13)7-14-11/h3-4,6-8H,2,5,13H2,1H3.